The van der Waals surface area contributed by atoms with Gasteiger partial charge in [-0.15, -0.1) is 11.3 Å². The molecule has 0 saturated carbocycles. The molecule has 1 atom stereocenters. The Morgan fingerprint density at radius 2 is 1.74 bits per heavy atom. The summed E-state index contributed by atoms with van der Waals surface area (Å²) in [6.07, 6.45) is 0.744. The summed E-state index contributed by atoms with van der Waals surface area (Å²) in [6, 6.07) is 18.2. The zero-order valence-corrected chi connectivity index (χ0v) is 11.5. The Morgan fingerprint density at radius 1 is 1.05 bits per heavy atom. The Morgan fingerprint density at radius 3 is 2.26 bits per heavy atom. The summed E-state index contributed by atoms with van der Waals surface area (Å²) in [5.74, 6) is -0.668. The van der Waals surface area contributed by atoms with E-state index in [2.05, 4.69) is 31.2 Å². The lowest BCUT2D eigenvalue weighted by molar-refractivity contribution is 0.613. The van der Waals surface area contributed by atoms with E-state index in [0.29, 0.717) is 0 Å². The second-order valence-corrected chi connectivity index (χ2v) is 5.84. The summed E-state index contributed by atoms with van der Waals surface area (Å²) < 4.78 is 0. The number of hydrogen-bond donors (Lipinski definition) is 0. The fraction of sp³-hybridized carbons (Fsp3) is 0.250. The van der Waals surface area contributed by atoms with Crippen LogP contribution in [0.4, 0.5) is 0 Å². The molecule has 3 heteroatoms. The van der Waals surface area contributed by atoms with E-state index < -0.39 is 5.92 Å². The third kappa shape index (κ3) is 3.22. The lowest BCUT2D eigenvalue weighted by atomic mass is 9.85. The third-order valence-electron chi connectivity index (χ3n) is 3.13. The van der Waals surface area contributed by atoms with Crippen LogP contribution in [0.1, 0.15) is 21.2 Å². The van der Waals surface area contributed by atoms with Crippen molar-refractivity contribution in [3.63, 3.8) is 0 Å². The Labute approximate surface area is 117 Å². The van der Waals surface area contributed by atoms with E-state index in [9.17, 15) is 10.5 Å². The molecule has 2 rings (SSSR count). The van der Waals surface area contributed by atoms with E-state index in [4.69, 9.17) is 0 Å². The fourth-order valence-electron chi connectivity index (χ4n) is 2.15. The minimum Gasteiger partial charge on any atom is -0.197 e. The van der Waals surface area contributed by atoms with Crippen LogP contribution in [-0.2, 0) is 6.42 Å². The van der Waals surface area contributed by atoms with Crippen LogP contribution in [0.5, 0.6) is 0 Å². The first kappa shape index (κ1) is 13.3. The Hall–Kier alpha value is -2.10. The molecule has 0 radical (unpaired) electrons. The number of rotatable bonds is 4. The quantitative estimate of drug-likeness (QED) is 0.838. The lowest BCUT2D eigenvalue weighted by Crippen LogP contribution is -2.12. The maximum atomic E-state index is 9.17. The first-order valence-corrected chi connectivity index (χ1v) is 6.95. The van der Waals surface area contributed by atoms with E-state index in [-0.39, 0.29) is 5.92 Å². The van der Waals surface area contributed by atoms with Gasteiger partial charge in [0.05, 0.1) is 12.1 Å². The smallest absolute Gasteiger partial charge is 0.140 e. The molecule has 0 aliphatic heterocycles. The number of benzene rings is 1. The summed E-state index contributed by atoms with van der Waals surface area (Å²) in [7, 11) is 0. The third-order valence-corrected chi connectivity index (χ3v) is 4.15. The van der Waals surface area contributed by atoms with Gasteiger partial charge < -0.3 is 0 Å². The first-order chi connectivity index (χ1) is 9.24. The predicted octanol–water partition coefficient (Wildman–Crippen LogP) is 4.05. The largest absolute Gasteiger partial charge is 0.197 e. The normalized spacial score (nSPS) is 11.8. The van der Waals surface area contributed by atoms with E-state index in [1.54, 1.807) is 11.3 Å². The van der Waals surface area contributed by atoms with Gasteiger partial charge in [-0.2, -0.15) is 10.5 Å². The monoisotopic (exact) mass is 266 g/mol. The van der Waals surface area contributed by atoms with Crippen LogP contribution >= 0.6 is 11.3 Å². The second-order valence-electron chi connectivity index (χ2n) is 4.47. The predicted molar refractivity (Wildman–Crippen MR) is 76.7 cm³/mol. The number of thiophene rings is 1. The van der Waals surface area contributed by atoms with E-state index >= 15 is 0 Å². The molecule has 0 saturated heterocycles. The summed E-state index contributed by atoms with van der Waals surface area (Å²) >= 11 is 1.73. The molecule has 0 spiro atoms. The van der Waals surface area contributed by atoms with Crippen molar-refractivity contribution in [1.29, 1.82) is 10.5 Å². The topological polar surface area (TPSA) is 47.6 Å². The molecule has 2 aromatic rings. The van der Waals surface area contributed by atoms with Gasteiger partial charge in [-0.05, 0) is 31.0 Å². The minimum absolute atomic E-state index is 0.0609. The molecule has 94 valence electrons. The van der Waals surface area contributed by atoms with Gasteiger partial charge in [-0.25, -0.2) is 0 Å². The number of nitrogens with zero attached hydrogens (tertiary/aromatic N) is 2. The van der Waals surface area contributed by atoms with Gasteiger partial charge in [0, 0.05) is 15.7 Å². The summed E-state index contributed by atoms with van der Waals surface area (Å²) in [5.41, 5.74) is 1.06. The van der Waals surface area contributed by atoms with E-state index in [0.717, 1.165) is 12.0 Å². The number of nitriles is 2. The van der Waals surface area contributed by atoms with Crippen LogP contribution < -0.4 is 0 Å². The van der Waals surface area contributed by atoms with Crippen molar-refractivity contribution < 1.29 is 0 Å². The summed E-state index contributed by atoms with van der Waals surface area (Å²) in [6.45, 7) is 2.07. The maximum absolute atomic E-state index is 9.17. The molecular weight excluding hydrogens is 252 g/mol. The lowest BCUT2D eigenvalue weighted by Gasteiger charge is -2.17. The van der Waals surface area contributed by atoms with Crippen LogP contribution in [0.2, 0.25) is 0 Å². The van der Waals surface area contributed by atoms with Crippen molar-refractivity contribution in [2.75, 3.05) is 0 Å². The molecule has 1 heterocycles. The summed E-state index contributed by atoms with van der Waals surface area (Å²) in [5, 5.41) is 18.3. The molecule has 0 unspecified atom stereocenters. The number of aryl methyl sites for hydroxylation is 1. The van der Waals surface area contributed by atoms with Crippen LogP contribution in [0.15, 0.2) is 42.5 Å². The van der Waals surface area contributed by atoms with Crippen molar-refractivity contribution in [2.24, 2.45) is 5.92 Å². The van der Waals surface area contributed by atoms with Gasteiger partial charge in [-0.3, -0.25) is 0 Å². The molecular formula is C16H14N2S. The minimum atomic E-state index is -0.607. The van der Waals surface area contributed by atoms with Gasteiger partial charge in [0.2, 0.25) is 0 Å². The Kier molecular flexibility index (Phi) is 4.34. The van der Waals surface area contributed by atoms with Gasteiger partial charge in [-0.1, -0.05) is 30.3 Å². The van der Waals surface area contributed by atoms with Gasteiger partial charge >= 0.3 is 0 Å². The highest BCUT2D eigenvalue weighted by Gasteiger charge is 2.23. The Bertz CT molecular complexity index is 602. The average molecular weight is 266 g/mol. The van der Waals surface area contributed by atoms with Crippen molar-refractivity contribution >= 4 is 11.3 Å². The molecule has 1 aromatic heterocycles. The standard InChI is InChI=1S/C16H14N2S/c1-12-7-8-15(19-12)9-16(14(10-17)11-18)13-5-3-2-4-6-13/h2-8,14,16H,9H2,1H3/t16-/m1/s1. The van der Waals surface area contributed by atoms with E-state index in [1.807, 2.05) is 30.3 Å². The molecule has 2 nitrogen and oxygen atoms in total. The molecule has 1 aromatic carbocycles. The zero-order valence-electron chi connectivity index (χ0n) is 10.7. The van der Waals surface area contributed by atoms with Crippen LogP contribution in [-0.4, -0.2) is 0 Å². The zero-order chi connectivity index (χ0) is 13.7. The summed E-state index contributed by atoms with van der Waals surface area (Å²) in [4.78, 5) is 2.48. The van der Waals surface area contributed by atoms with Crippen molar-refractivity contribution in [3.05, 3.63) is 57.8 Å². The van der Waals surface area contributed by atoms with Crippen LogP contribution in [0.3, 0.4) is 0 Å². The Balaban J connectivity index is 2.30. The maximum Gasteiger partial charge on any atom is 0.140 e. The highest BCUT2D eigenvalue weighted by molar-refractivity contribution is 7.11. The molecule has 19 heavy (non-hydrogen) atoms. The molecule has 0 aliphatic carbocycles. The molecule has 0 aliphatic rings. The van der Waals surface area contributed by atoms with Crippen molar-refractivity contribution in [3.8, 4) is 12.1 Å². The van der Waals surface area contributed by atoms with E-state index in [1.165, 1.54) is 9.75 Å². The van der Waals surface area contributed by atoms with Gasteiger partial charge in [0.1, 0.15) is 5.92 Å². The second kappa shape index (κ2) is 6.18. The molecule has 0 fully saturated rings. The number of hydrogen-bond acceptors (Lipinski definition) is 3. The van der Waals surface area contributed by atoms with Gasteiger partial charge in [0.25, 0.3) is 0 Å². The highest BCUT2D eigenvalue weighted by Crippen LogP contribution is 2.30. The first-order valence-electron chi connectivity index (χ1n) is 6.14. The average Bonchev–Trinajstić information content (AvgIpc) is 2.85. The highest BCUT2D eigenvalue weighted by atomic mass is 32.1. The van der Waals surface area contributed by atoms with Crippen molar-refractivity contribution in [2.45, 2.75) is 19.3 Å². The van der Waals surface area contributed by atoms with Crippen LogP contribution in [0, 0.1) is 35.5 Å². The SMILES string of the molecule is Cc1ccc(C[C@H](c2ccccc2)C(C#N)C#N)s1. The van der Waals surface area contributed by atoms with Gasteiger partial charge in [0.15, 0.2) is 0 Å². The molecule has 0 N–H and O–H groups in total. The molecule has 0 bridgehead atoms. The van der Waals surface area contributed by atoms with Crippen molar-refractivity contribution in [1.82, 2.24) is 0 Å². The molecule has 0 amide bonds. The fourth-order valence-corrected chi connectivity index (χ4v) is 3.10. The van der Waals surface area contributed by atoms with Crippen LogP contribution in [0.25, 0.3) is 0 Å².